The largest absolute Gasteiger partial charge is 0.508 e. The van der Waals surface area contributed by atoms with Crippen molar-refractivity contribution in [3.05, 3.63) is 29.3 Å². The molecule has 1 aromatic carbocycles. The molecule has 0 aliphatic heterocycles. The Morgan fingerprint density at radius 1 is 1.25 bits per heavy atom. The third-order valence-electron chi connectivity index (χ3n) is 2.64. The molecule has 3 heteroatoms. The fraction of sp³-hybridized carbons (Fsp3) is 0.538. The minimum absolute atomic E-state index is 0. The molecular formula is C13H22ClNO. The Morgan fingerprint density at radius 3 is 2.38 bits per heavy atom. The summed E-state index contributed by atoms with van der Waals surface area (Å²) >= 11 is 0. The number of halogens is 1. The van der Waals surface area contributed by atoms with Gasteiger partial charge in [-0.15, -0.1) is 12.4 Å². The van der Waals surface area contributed by atoms with Gasteiger partial charge in [0, 0.05) is 11.6 Å². The van der Waals surface area contributed by atoms with Crippen LogP contribution in [0.5, 0.6) is 5.75 Å². The van der Waals surface area contributed by atoms with Crippen molar-refractivity contribution in [2.45, 2.75) is 39.7 Å². The molecule has 3 N–H and O–H groups in total. The molecular weight excluding hydrogens is 222 g/mol. The van der Waals surface area contributed by atoms with E-state index in [1.807, 2.05) is 19.1 Å². The Bertz CT molecular complexity index is 326. The first-order valence-corrected chi connectivity index (χ1v) is 5.55. The second kappa shape index (κ2) is 6.77. The third-order valence-corrected chi connectivity index (χ3v) is 2.64. The number of hydrogen-bond donors (Lipinski definition) is 2. The number of phenols is 1. The third kappa shape index (κ3) is 4.42. The molecule has 0 aliphatic rings. The monoisotopic (exact) mass is 243 g/mol. The molecule has 0 radical (unpaired) electrons. The fourth-order valence-electron chi connectivity index (χ4n) is 1.64. The highest BCUT2D eigenvalue weighted by Gasteiger charge is 2.11. The molecule has 0 amide bonds. The van der Waals surface area contributed by atoms with Crippen LogP contribution < -0.4 is 5.73 Å². The van der Waals surface area contributed by atoms with Crippen molar-refractivity contribution in [2.75, 3.05) is 0 Å². The minimum Gasteiger partial charge on any atom is -0.508 e. The number of phenolic OH excluding ortho intramolecular Hbond substituents is 1. The van der Waals surface area contributed by atoms with Gasteiger partial charge in [-0.05, 0) is 37.3 Å². The molecule has 0 saturated carbocycles. The maximum absolute atomic E-state index is 9.75. The van der Waals surface area contributed by atoms with Crippen molar-refractivity contribution in [3.8, 4) is 5.75 Å². The van der Waals surface area contributed by atoms with Crippen LogP contribution in [-0.2, 0) is 0 Å². The molecule has 0 unspecified atom stereocenters. The summed E-state index contributed by atoms with van der Waals surface area (Å²) in [6.45, 7) is 6.33. The molecule has 0 spiro atoms. The van der Waals surface area contributed by atoms with Gasteiger partial charge in [-0.2, -0.15) is 0 Å². The standard InChI is InChI=1S/C13H21NO.ClH/c1-9(2)4-7-12(14)11-6-5-10(3)8-13(11)15;/h5-6,8-9,12,15H,4,7,14H2,1-3H3;1H/t12-;/m1./s1. The van der Waals surface area contributed by atoms with Gasteiger partial charge in [0.1, 0.15) is 5.75 Å². The Labute approximate surface area is 104 Å². The Morgan fingerprint density at radius 2 is 1.88 bits per heavy atom. The highest BCUT2D eigenvalue weighted by Crippen LogP contribution is 2.27. The summed E-state index contributed by atoms with van der Waals surface area (Å²) in [6.07, 6.45) is 2.02. The van der Waals surface area contributed by atoms with Gasteiger partial charge >= 0.3 is 0 Å². The van der Waals surface area contributed by atoms with Crippen LogP contribution in [-0.4, -0.2) is 5.11 Å². The topological polar surface area (TPSA) is 46.2 Å². The van der Waals surface area contributed by atoms with Crippen LogP contribution in [0.3, 0.4) is 0 Å². The zero-order valence-corrected chi connectivity index (χ0v) is 11.1. The molecule has 0 saturated heterocycles. The van der Waals surface area contributed by atoms with Crippen LogP contribution in [0, 0.1) is 12.8 Å². The molecule has 1 rings (SSSR count). The lowest BCUT2D eigenvalue weighted by molar-refractivity contribution is 0.448. The van der Waals surface area contributed by atoms with Crippen LogP contribution in [0.25, 0.3) is 0 Å². The van der Waals surface area contributed by atoms with Crippen LogP contribution in [0.4, 0.5) is 0 Å². The molecule has 92 valence electrons. The lowest BCUT2D eigenvalue weighted by Crippen LogP contribution is -2.11. The molecule has 0 aliphatic carbocycles. The first kappa shape index (κ1) is 15.3. The number of hydrogen-bond acceptors (Lipinski definition) is 2. The molecule has 1 atom stereocenters. The first-order valence-electron chi connectivity index (χ1n) is 5.55. The van der Waals surface area contributed by atoms with Gasteiger partial charge in [-0.1, -0.05) is 26.0 Å². The maximum atomic E-state index is 9.75. The van der Waals surface area contributed by atoms with E-state index >= 15 is 0 Å². The van der Waals surface area contributed by atoms with E-state index in [-0.39, 0.29) is 18.4 Å². The molecule has 0 bridgehead atoms. The summed E-state index contributed by atoms with van der Waals surface area (Å²) in [7, 11) is 0. The smallest absolute Gasteiger partial charge is 0.120 e. The average molecular weight is 244 g/mol. The van der Waals surface area contributed by atoms with E-state index in [1.165, 1.54) is 0 Å². The van der Waals surface area contributed by atoms with Gasteiger partial charge in [0.05, 0.1) is 0 Å². The normalized spacial score (nSPS) is 12.3. The summed E-state index contributed by atoms with van der Waals surface area (Å²) < 4.78 is 0. The Hall–Kier alpha value is -0.730. The summed E-state index contributed by atoms with van der Waals surface area (Å²) in [5.74, 6) is 0.981. The van der Waals surface area contributed by atoms with Crippen molar-refractivity contribution in [1.29, 1.82) is 0 Å². The summed E-state index contributed by atoms with van der Waals surface area (Å²) in [4.78, 5) is 0. The summed E-state index contributed by atoms with van der Waals surface area (Å²) in [5.41, 5.74) is 7.96. The Balaban J connectivity index is 0.00000225. The highest BCUT2D eigenvalue weighted by atomic mass is 35.5. The molecule has 0 fully saturated rings. The van der Waals surface area contributed by atoms with Gasteiger partial charge < -0.3 is 10.8 Å². The maximum Gasteiger partial charge on any atom is 0.120 e. The zero-order chi connectivity index (χ0) is 11.4. The van der Waals surface area contributed by atoms with E-state index in [0.717, 1.165) is 24.0 Å². The van der Waals surface area contributed by atoms with Gasteiger partial charge in [0.25, 0.3) is 0 Å². The van der Waals surface area contributed by atoms with Gasteiger partial charge in [0.2, 0.25) is 0 Å². The SMILES string of the molecule is Cc1ccc([C@H](N)CCC(C)C)c(O)c1.Cl. The number of benzene rings is 1. The molecule has 1 aromatic rings. The first-order chi connectivity index (χ1) is 7.00. The number of rotatable bonds is 4. The predicted molar refractivity (Wildman–Crippen MR) is 71.1 cm³/mol. The number of aryl methyl sites for hydroxylation is 1. The lowest BCUT2D eigenvalue weighted by Gasteiger charge is -2.15. The average Bonchev–Trinajstić information content (AvgIpc) is 2.14. The van der Waals surface area contributed by atoms with Crippen molar-refractivity contribution >= 4 is 12.4 Å². The van der Waals surface area contributed by atoms with E-state index in [1.54, 1.807) is 6.07 Å². The van der Waals surface area contributed by atoms with Gasteiger partial charge in [-0.3, -0.25) is 0 Å². The molecule has 0 aromatic heterocycles. The van der Waals surface area contributed by atoms with Crippen LogP contribution in [0.2, 0.25) is 0 Å². The lowest BCUT2D eigenvalue weighted by atomic mass is 9.97. The van der Waals surface area contributed by atoms with Crippen LogP contribution in [0.1, 0.15) is 43.9 Å². The predicted octanol–water partition coefficient (Wildman–Crippen LogP) is 3.56. The number of nitrogens with two attached hydrogens (primary N) is 1. The van der Waals surface area contributed by atoms with E-state index in [0.29, 0.717) is 11.7 Å². The summed E-state index contributed by atoms with van der Waals surface area (Å²) in [5, 5.41) is 9.75. The van der Waals surface area contributed by atoms with Crippen LogP contribution >= 0.6 is 12.4 Å². The van der Waals surface area contributed by atoms with Gasteiger partial charge in [-0.25, -0.2) is 0 Å². The second-order valence-electron chi connectivity index (χ2n) is 4.64. The van der Waals surface area contributed by atoms with E-state index in [9.17, 15) is 5.11 Å². The van der Waals surface area contributed by atoms with Crippen molar-refractivity contribution in [1.82, 2.24) is 0 Å². The molecule has 16 heavy (non-hydrogen) atoms. The van der Waals surface area contributed by atoms with Crippen molar-refractivity contribution in [3.63, 3.8) is 0 Å². The zero-order valence-electron chi connectivity index (χ0n) is 10.2. The van der Waals surface area contributed by atoms with Crippen molar-refractivity contribution < 1.29 is 5.11 Å². The molecule has 0 heterocycles. The van der Waals surface area contributed by atoms with E-state index in [4.69, 9.17) is 5.73 Å². The highest BCUT2D eigenvalue weighted by molar-refractivity contribution is 5.85. The van der Waals surface area contributed by atoms with Crippen LogP contribution in [0.15, 0.2) is 18.2 Å². The summed E-state index contributed by atoms with van der Waals surface area (Å²) in [6, 6.07) is 5.64. The second-order valence-corrected chi connectivity index (χ2v) is 4.64. The molecule has 2 nitrogen and oxygen atoms in total. The van der Waals surface area contributed by atoms with E-state index in [2.05, 4.69) is 13.8 Å². The quantitative estimate of drug-likeness (QED) is 0.850. The van der Waals surface area contributed by atoms with Gasteiger partial charge in [0.15, 0.2) is 0 Å². The Kier molecular flexibility index (Phi) is 6.46. The minimum atomic E-state index is -0.0481. The van der Waals surface area contributed by atoms with Crippen molar-refractivity contribution in [2.24, 2.45) is 11.7 Å². The number of aromatic hydroxyl groups is 1. The van der Waals surface area contributed by atoms with E-state index < -0.39 is 0 Å². The fourth-order valence-corrected chi connectivity index (χ4v) is 1.64.